The Hall–Kier alpha value is -1.71. The average Bonchev–Trinajstić information content (AvgIpc) is 3.55. The summed E-state index contributed by atoms with van der Waals surface area (Å²) in [7, 11) is 0. The number of halogens is 1. The summed E-state index contributed by atoms with van der Waals surface area (Å²) in [5.41, 5.74) is -1.13. The third-order valence-electron chi connectivity index (χ3n) is 9.87. The van der Waals surface area contributed by atoms with Gasteiger partial charge in [0.1, 0.15) is 11.6 Å². The number of nitrogens with zero attached hydrogens (tertiary/aromatic N) is 3. The zero-order chi connectivity index (χ0) is 29.2. The van der Waals surface area contributed by atoms with Gasteiger partial charge in [-0.25, -0.2) is 0 Å². The predicted octanol–water partition coefficient (Wildman–Crippen LogP) is 3.91. The topological polar surface area (TPSA) is 90.4 Å². The Morgan fingerprint density at radius 2 is 1.85 bits per heavy atom. The summed E-state index contributed by atoms with van der Waals surface area (Å²) < 4.78 is 6.76. The highest BCUT2D eigenvalue weighted by Gasteiger charge is 2.77. The second-order valence-corrected chi connectivity index (χ2v) is 13.4. The molecule has 0 aromatic carbocycles. The number of aliphatic hydroxyl groups excluding tert-OH is 1. The largest absolute Gasteiger partial charge is 0.394 e. The van der Waals surface area contributed by atoms with E-state index in [1.165, 1.54) is 0 Å². The fourth-order valence-corrected chi connectivity index (χ4v) is 8.78. The van der Waals surface area contributed by atoms with Crippen molar-refractivity contribution in [1.82, 2.24) is 14.7 Å². The number of carbonyl (C=O) groups is 3. The molecule has 0 aromatic rings. The first-order valence-electron chi connectivity index (χ1n) is 15.3. The van der Waals surface area contributed by atoms with Crippen LogP contribution in [-0.2, 0) is 19.1 Å². The van der Waals surface area contributed by atoms with E-state index in [9.17, 15) is 19.5 Å². The summed E-state index contributed by atoms with van der Waals surface area (Å²) in [6, 6.07) is -1.37. The molecule has 8 nitrogen and oxygen atoms in total. The van der Waals surface area contributed by atoms with Crippen molar-refractivity contribution in [2.75, 3.05) is 26.2 Å². The van der Waals surface area contributed by atoms with Gasteiger partial charge in [-0.1, -0.05) is 74.5 Å². The van der Waals surface area contributed by atoms with E-state index in [1.54, 1.807) is 22.0 Å². The maximum Gasteiger partial charge on any atom is 0.248 e. The molecule has 3 heterocycles. The van der Waals surface area contributed by atoms with Crippen LogP contribution in [0.5, 0.6) is 0 Å². The molecule has 1 N–H and O–H groups in total. The first-order chi connectivity index (χ1) is 19.2. The molecule has 40 heavy (non-hydrogen) atoms. The summed E-state index contributed by atoms with van der Waals surface area (Å²) in [6.07, 6.45) is 10.1. The van der Waals surface area contributed by atoms with Gasteiger partial charge in [-0.2, -0.15) is 0 Å². The Labute approximate surface area is 248 Å². The van der Waals surface area contributed by atoms with Gasteiger partial charge in [-0.15, -0.1) is 13.2 Å². The van der Waals surface area contributed by atoms with Gasteiger partial charge in [0.15, 0.2) is 0 Å². The zero-order valence-corrected chi connectivity index (χ0v) is 26.1. The molecular formula is C31H48BrN3O5. The Kier molecular flexibility index (Phi) is 10.2. The highest BCUT2D eigenvalue weighted by atomic mass is 79.9. The van der Waals surface area contributed by atoms with Crippen molar-refractivity contribution in [3.63, 3.8) is 0 Å². The van der Waals surface area contributed by atoms with Crippen molar-refractivity contribution in [1.29, 1.82) is 0 Å². The quantitative estimate of drug-likeness (QED) is 0.249. The van der Waals surface area contributed by atoms with Gasteiger partial charge in [0.2, 0.25) is 17.7 Å². The number of hydrogen-bond acceptors (Lipinski definition) is 5. The second kappa shape index (κ2) is 13.1. The highest BCUT2D eigenvalue weighted by molar-refractivity contribution is 9.09. The van der Waals surface area contributed by atoms with Crippen LogP contribution in [0.2, 0.25) is 0 Å². The zero-order valence-electron chi connectivity index (χ0n) is 24.5. The number of aliphatic hydroxyl groups is 1. The van der Waals surface area contributed by atoms with Crippen LogP contribution >= 0.6 is 15.9 Å². The standard InChI is InChI=1S/C31H48BrN3O5/c1-6-15-33(16-7-2)28(37)24-25-29(38)35(23(19-36)20(5)9-4)27(31(25)18-22(32)26(24)40-31)30(39)34(17-8-3)21-13-11-10-12-14-21/h6,8,20-27,36H,1,3,7,9-19H2,2,4-5H3/t20-,22?,23-,24+,25-,26+,27?,31?/m0/s1. The Bertz CT molecular complexity index is 971. The molecule has 1 spiro atoms. The summed E-state index contributed by atoms with van der Waals surface area (Å²) in [5.74, 6) is -2.01. The van der Waals surface area contributed by atoms with E-state index in [-0.39, 0.29) is 41.1 Å². The number of ether oxygens (including phenoxy) is 1. The van der Waals surface area contributed by atoms with E-state index >= 15 is 0 Å². The number of rotatable bonds is 13. The molecule has 3 aliphatic heterocycles. The van der Waals surface area contributed by atoms with Crippen molar-refractivity contribution < 1.29 is 24.2 Å². The maximum absolute atomic E-state index is 14.8. The van der Waals surface area contributed by atoms with E-state index in [0.29, 0.717) is 26.1 Å². The number of amides is 3. The van der Waals surface area contributed by atoms with E-state index in [4.69, 9.17) is 4.74 Å². The van der Waals surface area contributed by atoms with Crippen LogP contribution in [0.15, 0.2) is 25.3 Å². The van der Waals surface area contributed by atoms with Crippen LogP contribution in [0.3, 0.4) is 0 Å². The molecule has 2 bridgehead atoms. The van der Waals surface area contributed by atoms with Crippen molar-refractivity contribution in [3.05, 3.63) is 25.3 Å². The molecule has 3 amide bonds. The fraction of sp³-hybridized carbons (Fsp3) is 0.774. The van der Waals surface area contributed by atoms with Crippen molar-refractivity contribution in [3.8, 4) is 0 Å². The minimum absolute atomic E-state index is 0.0366. The van der Waals surface area contributed by atoms with Crippen LogP contribution in [0.1, 0.15) is 72.1 Å². The maximum atomic E-state index is 14.8. The van der Waals surface area contributed by atoms with Crippen molar-refractivity contribution >= 4 is 33.7 Å². The molecule has 4 aliphatic rings. The lowest BCUT2D eigenvalue weighted by Crippen LogP contribution is -2.61. The number of hydrogen-bond donors (Lipinski definition) is 1. The Balaban J connectivity index is 1.82. The lowest BCUT2D eigenvalue weighted by Gasteiger charge is -2.43. The Morgan fingerprint density at radius 3 is 2.42 bits per heavy atom. The van der Waals surface area contributed by atoms with Crippen LogP contribution in [0.4, 0.5) is 0 Å². The molecule has 1 aliphatic carbocycles. The van der Waals surface area contributed by atoms with E-state index in [2.05, 4.69) is 29.1 Å². The molecule has 1 saturated carbocycles. The van der Waals surface area contributed by atoms with E-state index in [0.717, 1.165) is 44.9 Å². The van der Waals surface area contributed by atoms with Gasteiger partial charge in [0.25, 0.3) is 0 Å². The molecule has 224 valence electrons. The molecule has 9 heteroatoms. The normalized spacial score (nSPS) is 33.0. The second-order valence-electron chi connectivity index (χ2n) is 12.2. The average molecular weight is 623 g/mol. The number of alkyl halides is 1. The third-order valence-corrected chi connectivity index (χ3v) is 10.7. The molecule has 0 radical (unpaired) electrons. The van der Waals surface area contributed by atoms with Crippen LogP contribution in [0, 0.1) is 17.8 Å². The molecule has 3 saturated heterocycles. The Morgan fingerprint density at radius 1 is 1.18 bits per heavy atom. The van der Waals surface area contributed by atoms with E-state index < -0.39 is 35.6 Å². The number of fused-ring (bicyclic) bond motifs is 1. The monoisotopic (exact) mass is 621 g/mol. The molecule has 8 atom stereocenters. The van der Waals surface area contributed by atoms with Gasteiger partial charge in [-0.05, 0) is 31.6 Å². The van der Waals surface area contributed by atoms with Gasteiger partial charge in [0, 0.05) is 30.5 Å². The lowest BCUT2D eigenvalue weighted by atomic mass is 9.70. The number of carbonyl (C=O) groups excluding carboxylic acids is 3. The minimum atomic E-state index is -1.13. The predicted molar refractivity (Wildman–Crippen MR) is 159 cm³/mol. The molecule has 3 unspecified atom stereocenters. The first kappa shape index (κ1) is 31.2. The summed E-state index contributed by atoms with van der Waals surface area (Å²) >= 11 is 3.78. The molecule has 4 fully saturated rings. The lowest BCUT2D eigenvalue weighted by molar-refractivity contribution is -0.154. The van der Waals surface area contributed by atoms with Gasteiger partial charge in [0.05, 0.1) is 30.6 Å². The fourth-order valence-electron chi connectivity index (χ4n) is 7.84. The van der Waals surface area contributed by atoms with Crippen molar-refractivity contribution in [2.24, 2.45) is 17.8 Å². The van der Waals surface area contributed by atoms with Gasteiger partial charge in [-0.3, -0.25) is 14.4 Å². The smallest absolute Gasteiger partial charge is 0.248 e. The molecule has 0 aromatic heterocycles. The summed E-state index contributed by atoms with van der Waals surface area (Å²) in [6.45, 7) is 14.9. The van der Waals surface area contributed by atoms with Crippen LogP contribution in [-0.4, -0.2) is 98.4 Å². The van der Waals surface area contributed by atoms with Gasteiger partial charge >= 0.3 is 0 Å². The molecular weight excluding hydrogens is 574 g/mol. The van der Waals surface area contributed by atoms with Gasteiger partial charge < -0.3 is 24.5 Å². The van der Waals surface area contributed by atoms with E-state index in [1.807, 2.05) is 25.7 Å². The summed E-state index contributed by atoms with van der Waals surface area (Å²) in [5, 5.41) is 10.6. The first-order valence-corrected chi connectivity index (χ1v) is 16.2. The van der Waals surface area contributed by atoms with Crippen LogP contribution in [0.25, 0.3) is 0 Å². The highest BCUT2D eigenvalue weighted by Crippen LogP contribution is 2.61. The summed E-state index contributed by atoms with van der Waals surface area (Å²) in [4.78, 5) is 48.6. The third kappa shape index (κ3) is 5.19. The minimum Gasteiger partial charge on any atom is -0.394 e. The van der Waals surface area contributed by atoms with Crippen LogP contribution < -0.4 is 0 Å². The SMILES string of the molecule is C=CCN(CCC)C(=O)[C@H]1[C@@H]2OC3(CC2Br)C(C(=O)N(CC=C)C2CCCCC2)N([C@@H](CO)[C@@H](C)CC)C(=O)[C@H]13. The van der Waals surface area contributed by atoms with Crippen molar-refractivity contribution in [2.45, 2.75) is 107 Å². The molecule has 4 rings (SSSR count). The number of likely N-dealkylation sites (tertiary alicyclic amines) is 1.